The highest BCUT2D eigenvalue weighted by atomic mass is 16.5. The van der Waals surface area contributed by atoms with Gasteiger partial charge in [-0.05, 0) is 25.5 Å². The molecule has 0 spiro atoms. The number of ether oxygens (including phenoxy) is 1. The summed E-state index contributed by atoms with van der Waals surface area (Å²) < 4.78 is 4.77. The fraction of sp³-hybridized carbons (Fsp3) is 0.312. The molecule has 0 bridgehead atoms. The van der Waals surface area contributed by atoms with Crippen LogP contribution in [0.1, 0.15) is 24.5 Å². The summed E-state index contributed by atoms with van der Waals surface area (Å²) >= 11 is 0. The molecule has 110 valence electrons. The van der Waals surface area contributed by atoms with Gasteiger partial charge >= 0.3 is 5.97 Å². The van der Waals surface area contributed by atoms with Gasteiger partial charge in [0, 0.05) is 5.57 Å². The van der Waals surface area contributed by atoms with Crippen LogP contribution in [0.4, 0.5) is 0 Å². The van der Waals surface area contributed by atoms with Gasteiger partial charge in [0.1, 0.15) is 6.54 Å². The highest BCUT2D eigenvalue weighted by Crippen LogP contribution is 2.21. The molecule has 1 aromatic rings. The monoisotopic (exact) mass is 287 g/mol. The number of amides is 2. The van der Waals surface area contributed by atoms with Crippen molar-refractivity contribution in [3.8, 4) is 0 Å². The van der Waals surface area contributed by atoms with E-state index in [0.717, 1.165) is 16.0 Å². The second-order valence-corrected chi connectivity index (χ2v) is 4.85. The van der Waals surface area contributed by atoms with Gasteiger partial charge in [-0.25, -0.2) is 0 Å². The number of benzene rings is 1. The summed E-state index contributed by atoms with van der Waals surface area (Å²) in [6, 6.07) is 7.64. The lowest BCUT2D eigenvalue weighted by Crippen LogP contribution is -2.35. The molecule has 2 rings (SSSR count). The molecule has 0 N–H and O–H groups in total. The molecule has 0 aliphatic carbocycles. The Balaban J connectivity index is 2.16. The van der Waals surface area contributed by atoms with Gasteiger partial charge in [0.2, 0.25) is 5.91 Å². The number of aryl methyl sites for hydroxylation is 1. The van der Waals surface area contributed by atoms with Gasteiger partial charge in [-0.15, -0.1) is 0 Å². The maximum atomic E-state index is 12.2. The summed E-state index contributed by atoms with van der Waals surface area (Å²) in [5.74, 6) is -1.36. The van der Waals surface area contributed by atoms with Crippen molar-refractivity contribution in [2.75, 3.05) is 13.2 Å². The van der Waals surface area contributed by atoms with E-state index in [4.69, 9.17) is 4.74 Å². The first-order valence-corrected chi connectivity index (χ1v) is 6.79. The number of nitrogens with zero attached hydrogens (tertiary/aromatic N) is 1. The van der Waals surface area contributed by atoms with Gasteiger partial charge in [-0.3, -0.25) is 19.3 Å². The van der Waals surface area contributed by atoms with Gasteiger partial charge in [0.05, 0.1) is 13.0 Å². The molecule has 1 aromatic carbocycles. The van der Waals surface area contributed by atoms with Gasteiger partial charge in [-0.1, -0.05) is 29.8 Å². The number of imide groups is 1. The first-order valence-electron chi connectivity index (χ1n) is 6.79. The predicted molar refractivity (Wildman–Crippen MR) is 77.1 cm³/mol. The fourth-order valence-electron chi connectivity index (χ4n) is 2.19. The maximum absolute atomic E-state index is 12.2. The zero-order valence-corrected chi connectivity index (χ0v) is 12.1. The van der Waals surface area contributed by atoms with E-state index in [-0.39, 0.29) is 25.5 Å². The molecule has 21 heavy (non-hydrogen) atoms. The number of carbonyl (C=O) groups is 3. The van der Waals surface area contributed by atoms with Crippen LogP contribution in [0.3, 0.4) is 0 Å². The van der Waals surface area contributed by atoms with E-state index >= 15 is 0 Å². The van der Waals surface area contributed by atoms with Crippen molar-refractivity contribution in [2.24, 2.45) is 0 Å². The van der Waals surface area contributed by atoms with Crippen molar-refractivity contribution in [3.05, 3.63) is 41.0 Å². The van der Waals surface area contributed by atoms with E-state index < -0.39 is 11.9 Å². The summed E-state index contributed by atoms with van der Waals surface area (Å²) in [6.45, 7) is 3.53. The maximum Gasteiger partial charge on any atom is 0.326 e. The van der Waals surface area contributed by atoms with Crippen molar-refractivity contribution < 1.29 is 19.1 Å². The summed E-state index contributed by atoms with van der Waals surface area (Å²) in [7, 11) is 0. The Hall–Kier alpha value is -2.43. The van der Waals surface area contributed by atoms with Gasteiger partial charge in [-0.2, -0.15) is 0 Å². The molecule has 0 aromatic heterocycles. The molecule has 2 amide bonds. The van der Waals surface area contributed by atoms with Crippen LogP contribution >= 0.6 is 0 Å². The van der Waals surface area contributed by atoms with Crippen molar-refractivity contribution in [1.29, 1.82) is 0 Å². The normalized spacial score (nSPS) is 16.7. The molecular formula is C16H17NO4. The molecule has 1 fully saturated rings. The standard InChI is InChI=1S/C16H17NO4/c1-3-21-15(19)10-17-14(18)9-13(16(17)20)8-12-6-4-5-11(2)7-12/h4-8H,3,9-10H2,1-2H3/b13-8+. The highest BCUT2D eigenvalue weighted by Gasteiger charge is 2.35. The number of carbonyl (C=O) groups excluding carboxylic acids is 3. The van der Waals surface area contributed by atoms with Crippen molar-refractivity contribution in [2.45, 2.75) is 20.3 Å². The molecule has 1 aliphatic rings. The minimum Gasteiger partial charge on any atom is -0.465 e. The summed E-state index contributed by atoms with van der Waals surface area (Å²) in [6.07, 6.45) is 1.71. The third-order valence-corrected chi connectivity index (χ3v) is 3.14. The van der Waals surface area contributed by atoms with E-state index in [9.17, 15) is 14.4 Å². The molecule has 5 heteroatoms. The third-order valence-electron chi connectivity index (χ3n) is 3.14. The van der Waals surface area contributed by atoms with Gasteiger partial charge in [0.15, 0.2) is 0 Å². The number of hydrogen-bond donors (Lipinski definition) is 0. The zero-order chi connectivity index (χ0) is 15.4. The van der Waals surface area contributed by atoms with Gasteiger partial charge < -0.3 is 4.74 Å². The first-order chi connectivity index (χ1) is 10.0. The molecule has 5 nitrogen and oxygen atoms in total. The molecular weight excluding hydrogens is 270 g/mol. The van der Waals surface area contributed by atoms with Gasteiger partial charge in [0.25, 0.3) is 5.91 Å². The average molecular weight is 287 g/mol. The summed E-state index contributed by atoms with van der Waals surface area (Å²) in [4.78, 5) is 36.4. The zero-order valence-electron chi connectivity index (χ0n) is 12.1. The molecule has 0 atom stereocenters. The van der Waals surface area contributed by atoms with E-state index in [1.165, 1.54) is 0 Å². The van der Waals surface area contributed by atoms with Crippen molar-refractivity contribution >= 4 is 23.9 Å². The molecule has 0 radical (unpaired) electrons. The minimum atomic E-state index is -0.573. The highest BCUT2D eigenvalue weighted by molar-refractivity contribution is 6.16. The SMILES string of the molecule is CCOC(=O)CN1C(=O)C/C(=C\c2cccc(C)c2)C1=O. The smallest absolute Gasteiger partial charge is 0.326 e. The Bertz CT molecular complexity index is 618. The Morgan fingerprint density at radius 2 is 2.14 bits per heavy atom. The van der Waals surface area contributed by atoms with Crippen LogP contribution in [0, 0.1) is 6.92 Å². The van der Waals surface area contributed by atoms with Crippen LogP contribution in [0.2, 0.25) is 0 Å². The molecule has 0 saturated carbocycles. The summed E-state index contributed by atoms with van der Waals surface area (Å²) in [5, 5.41) is 0. The Labute approximate surface area is 123 Å². The first kappa shape index (κ1) is 15.0. The van der Waals surface area contributed by atoms with Crippen LogP contribution in [0.25, 0.3) is 6.08 Å². The number of hydrogen-bond acceptors (Lipinski definition) is 4. The lowest BCUT2D eigenvalue weighted by molar-refractivity contribution is -0.151. The lowest BCUT2D eigenvalue weighted by atomic mass is 10.1. The van der Waals surface area contributed by atoms with Crippen LogP contribution in [0.5, 0.6) is 0 Å². The largest absolute Gasteiger partial charge is 0.465 e. The lowest BCUT2D eigenvalue weighted by Gasteiger charge is -2.11. The van der Waals surface area contributed by atoms with Crippen molar-refractivity contribution in [3.63, 3.8) is 0 Å². The molecule has 1 aliphatic heterocycles. The molecule has 1 heterocycles. The minimum absolute atomic E-state index is 0.0200. The predicted octanol–water partition coefficient (Wildman–Crippen LogP) is 1.70. The number of esters is 1. The third kappa shape index (κ3) is 3.56. The van der Waals surface area contributed by atoms with E-state index in [2.05, 4.69) is 0 Å². The van der Waals surface area contributed by atoms with E-state index in [1.54, 1.807) is 13.0 Å². The fourth-order valence-corrected chi connectivity index (χ4v) is 2.19. The average Bonchev–Trinajstić information content (AvgIpc) is 2.67. The van der Waals surface area contributed by atoms with Crippen molar-refractivity contribution in [1.82, 2.24) is 4.90 Å². The van der Waals surface area contributed by atoms with Crippen LogP contribution in [0.15, 0.2) is 29.8 Å². The second-order valence-electron chi connectivity index (χ2n) is 4.85. The second kappa shape index (κ2) is 6.35. The number of rotatable bonds is 4. The van der Waals surface area contributed by atoms with E-state index in [1.807, 2.05) is 31.2 Å². The molecule has 1 saturated heterocycles. The quantitative estimate of drug-likeness (QED) is 0.480. The Kier molecular flexibility index (Phi) is 4.52. The summed E-state index contributed by atoms with van der Waals surface area (Å²) in [5.41, 5.74) is 2.34. The van der Waals surface area contributed by atoms with Crippen LogP contribution < -0.4 is 0 Å². The van der Waals surface area contributed by atoms with E-state index in [0.29, 0.717) is 5.57 Å². The Morgan fingerprint density at radius 3 is 2.81 bits per heavy atom. The Morgan fingerprint density at radius 1 is 1.38 bits per heavy atom. The van der Waals surface area contributed by atoms with Crippen LogP contribution in [-0.2, 0) is 19.1 Å². The number of likely N-dealkylation sites (tertiary alicyclic amines) is 1. The molecule has 0 unspecified atom stereocenters. The van der Waals surface area contributed by atoms with Crippen LogP contribution in [-0.4, -0.2) is 35.8 Å². The topological polar surface area (TPSA) is 63.7 Å².